The van der Waals surface area contributed by atoms with Crippen molar-refractivity contribution in [2.45, 2.75) is 32.5 Å². The van der Waals surface area contributed by atoms with E-state index in [2.05, 4.69) is 20.4 Å². The Morgan fingerprint density at radius 1 is 1.27 bits per heavy atom. The highest BCUT2D eigenvalue weighted by Gasteiger charge is 2.20. The molecule has 0 unspecified atom stereocenters. The monoisotopic (exact) mass is 424 g/mol. The molecule has 0 saturated heterocycles. The second kappa shape index (κ2) is 9.32. The lowest BCUT2D eigenvalue weighted by molar-refractivity contribution is -0.121. The van der Waals surface area contributed by atoms with Crippen molar-refractivity contribution < 1.29 is 9.53 Å². The van der Waals surface area contributed by atoms with E-state index >= 15 is 0 Å². The van der Waals surface area contributed by atoms with Gasteiger partial charge in [0.05, 0.1) is 17.9 Å². The van der Waals surface area contributed by atoms with Crippen LogP contribution in [-0.4, -0.2) is 40.2 Å². The van der Waals surface area contributed by atoms with Gasteiger partial charge in [0.2, 0.25) is 5.91 Å². The van der Waals surface area contributed by atoms with E-state index in [1.165, 1.54) is 0 Å². The number of carbonyl (C=O) groups excluding carboxylic acids is 1. The Bertz CT molecular complexity index is 1010. The highest BCUT2D eigenvalue weighted by molar-refractivity contribution is 6.30. The van der Waals surface area contributed by atoms with E-state index in [4.69, 9.17) is 16.3 Å². The smallest absolute Gasteiger partial charge is 0.221 e. The third-order valence-corrected chi connectivity index (χ3v) is 5.33. The van der Waals surface area contributed by atoms with E-state index in [0.717, 1.165) is 34.8 Å². The Morgan fingerprint density at radius 2 is 2.10 bits per heavy atom. The van der Waals surface area contributed by atoms with Crippen molar-refractivity contribution in [3.63, 3.8) is 0 Å². The Morgan fingerprint density at radius 3 is 2.93 bits per heavy atom. The molecule has 1 aliphatic rings. The lowest BCUT2D eigenvalue weighted by Gasteiger charge is -2.21. The zero-order valence-corrected chi connectivity index (χ0v) is 17.7. The molecule has 0 bridgehead atoms. The number of nitrogens with one attached hydrogen (secondary N) is 2. The van der Waals surface area contributed by atoms with E-state index < -0.39 is 0 Å². The van der Waals surface area contributed by atoms with Gasteiger partial charge in [-0.05, 0) is 31.2 Å². The number of nitrogens with zero attached hydrogens (tertiary/aromatic N) is 2. The van der Waals surface area contributed by atoms with Crippen molar-refractivity contribution >= 4 is 17.5 Å². The molecule has 1 aliphatic heterocycles. The summed E-state index contributed by atoms with van der Waals surface area (Å²) in [5.74, 6) is 0.877. The van der Waals surface area contributed by atoms with E-state index in [1.54, 1.807) is 0 Å². The molecule has 30 heavy (non-hydrogen) atoms. The average molecular weight is 425 g/mol. The predicted molar refractivity (Wildman–Crippen MR) is 117 cm³/mol. The van der Waals surface area contributed by atoms with Crippen molar-refractivity contribution in [2.24, 2.45) is 0 Å². The summed E-state index contributed by atoms with van der Waals surface area (Å²) in [5.41, 5.74) is 3.85. The Hall–Kier alpha value is -2.83. The summed E-state index contributed by atoms with van der Waals surface area (Å²) in [6, 6.07) is 17.6. The van der Waals surface area contributed by atoms with Crippen LogP contribution in [0.5, 0.6) is 5.75 Å². The Kier molecular flexibility index (Phi) is 6.35. The van der Waals surface area contributed by atoms with Gasteiger partial charge in [-0.15, -0.1) is 0 Å². The molecule has 1 amide bonds. The van der Waals surface area contributed by atoms with E-state index in [-0.39, 0.29) is 12.0 Å². The lowest BCUT2D eigenvalue weighted by Crippen LogP contribution is -2.34. The van der Waals surface area contributed by atoms with Gasteiger partial charge in [-0.1, -0.05) is 41.9 Å². The number of rotatable bonds is 6. The summed E-state index contributed by atoms with van der Waals surface area (Å²) in [6.07, 6.45) is 0.472. The van der Waals surface area contributed by atoms with Crippen LogP contribution in [0, 0.1) is 0 Å². The maximum atomic E-state index is 12.4. The number of ether oxygens (including phenoxy) is 1. The molecule has 2 N–H and O–H groups in total. The highest BCUT2D eigenvalue weighted by atomic mass is 35.5. The fourth-order valence-corrected chi connectivity index (χ4v) is 3.83. The zero-order chi connectivity index (χ0) is 20.9. The second-order valence-electron chi connectivity index (χ2n) is 7.59. The molecule has 7 heteroatoms. The summed E-state index contributed by atoms with van der Waals surface area (Å²) in [5, 5.41) is 11.0. The van der Waals surface area contributed by atoms with E-state index in [9.17, 15) is 4.79 Å². The molecule has 0 spiro atoms. The van der Waals surface area contributed by atoms with Gasteiger partial charge in [-0.2, -0.15) is 5.10 Å². The van der Waals surface area contributed by atoms with E-state index in [1.807, 2.05) is 61.5 Å². The molecule has 1 atom stereocenters. The minimum absolute atomic E-state index is 0.00926. The molecule has 0 aliphatic carbocycles. The molecule has 0 radical (unpaired) electrons. The fourth-order valence-electron chi connectivity index (χ4n) is 3.63. The number of H-pyrrole nitrogens is 1. The number of carbonyl (C=O) groups is 1. The molecular formula is C23H25ClN4O2. The summed E-state index contributed by atoms with van der Waals surface area (Å²) in [7, 11) is 0. The molecule has 4 rings (SSSR count). The van der Waals surface area contributed by atoms with Crippen LogP contribution in [0.1, 0.15) is 24.6 Å². The normalized spacial score (nSPS) is 16.4. The van der Waals surface area contributed by atoms with Crippen LogP contribution in [0.15, 0.2) is 54.6 Å². The first-order valence-electron chi connectivity index (χ1n) is 10.1. The molecule has 156 valence electrons. The molecule has 6 nitrogen and oxygen atoms in total. The second-order valence-corrected chi connectivity index (χ2v) is 8.02. The van der Waals surface area contributed by atoms with Crippen LogP contribution in [0.4, 0.5) is 0 Å². The minimum atomic E-state index is 0.00926. The van der Waals surface area contributed by atoms with Gasteiger partial charge < -0.3 is 10.1 Å². The molecular weight excluding hydrogens is 400 g/mol. The van der Waals surface area contributed by atoms with Crippen molar-refractivity contribution in [3.8, 4) is 17.0 Å². The number of aromatic amines is 1. The third-order valence-electron chi connectivity index (χ3n) is 5.09. The average Bonchev–Trinajstić information content (AvgIpc) is 3.16. The van der Waals surface area contributed by atoms with Crippen LogP contribution < -0.4 is 10.1 Å². The van der Waals surface area contributed by atoms with Crippen LogP contribution in [0.3, 0.4) is 0 Å². The molecule has 0 saturated carbocycles. The maximum Gasteiger partial charge on any atom is 0.221 e. The number of amides is 1. The summed E-state index contributed by atoms with van der Waals surface area (Å²) >= 11 is 6.14. The van der Waals surface area contributed by atoms with Gasteiger partial charge in [-0.25, -0.2) is 0 Å². The number of aromatic nitrogens is 2. The first-order chi connectivity index (χ1) is 14.6. The van der Waals surface area contributed by atoms with E-state index in [0.29, 0.717) is 31.1 Å². The molecule has 3 aromatic rings. The quantitative estimate of drug-likeness (QED) is 0.627. The topological polar surface area (TPSA) is 70.2 Å². The maximum absolute atomic E-state index is 12.4. The number of fused-ring (bicyclic) bond motifs is 1. The van der Waals surface area contributed by atoms with Crippen molar-refractivity contribution in [3.05, 3.63) is 70.9 Å². The molecule has 0 fully saturated rings. The summed E-state index contributed by atoms with van der Waals surface area (Å²) in [4.78, 5) is 14.6. The van der Waals surface area contributed by atoms with Gasteiger partial charge in [0, 0.05) is 42.2 Å². The van der Waals surface area contributed by atoms with Crippen molar-refractivity contribution in [1.29, 1.82) is 0 Å². The number of halogens is 1. The lowest BCUT2D eigenvalue weighted by atomic mass is 10.1. The van der Waals surface area contributed by atoms with Crippen LogP contribution in [0.2, 0.25) is 5.02 Å². The fraction of sp³-hybridized carbons (Fsp3) is 0.304. The SMILES string of the molecule is C[C@H]1CN(CCC(=O)NCc2cc(-c3ccccc3)n[nH]2)Cc2cc(Cl)ccc2O1. The first kappa shape index (κ1) is 20.4. The van der Waals surface area contributed by atoms with Crippen LogP contribution >= 0.6 is 11.6 Å². The van der Waals surface area contributed by atoms with Gasteiger partial charge in [0.15, 0.2) is 0 Å². The standard InChI is InChI=1S/C23H25ClN4O2/c1-16-14-28(15-18-11-19(24)7-8-22(18)30-16)10-9-23(29)25-13-20-12-21(27-26-20)17-5-3-2-4-6-17/h2-8,11-12,16H,9-10,13-15H2,1H3,(H,25,29)(H,26,27)/t16-/m0/s1. The number of hydrogen-bond donors (Lipinski definition) is 2. The minimum Gasteiger partial charge on any atom is -0.489 e. The largest absolute Gasteiger partial charge is 0.489 e. The first-order valence-corrected chi connectivity index (χ1v) is 10.5. The molecule has 1 aromatic heterocycles. The zero-order valence-electron chi connectivity index (χ0n) is 16.9. The summed E-state index contributed by atoms with van der Waals surface area (Å²) < 4.78 is 5.98. The van der Waals surface area contributed by atoms with Crippen LogP contribution in [0.25, 0.3) is 11.3 Å². The Balaban J connectivity index is 1.28. The highest BCUT2D eigenvalue weighted by Crippen LogP contribution is 2.28. The van der Waals surface area contributed by atoms with Crippen molar-refractivity contribution in [1.82, 2.24) is 20.4 Å². The predicted octanol–water partition coefficient (Wildman–Crippen LogP) is 4.02. The molecule has 2 aromatic carbocycles. The number of hydrogen-bond acceptors (Lipinski definition) is 4. The number of benzene rings is 2. The Labute approximate surface area is 181 Å². The summed E-state index contributed by atoms with van der Waals surface area (Å²) in [6.45, 7) is 4.61. The van der Waals surface area contributed by atoms with Gasteiger partial charge in [-0.3, -0.25) is 14.8 Å². The van der Waals surface area contributed by atoms with Gasteiger partial charge in [0.1, 0.15) is 11.9 Å². The van der Waals surface area contributed by atoms with Gasteiger partial charge in [0.25, 0.3) is 0 Å². The third kappa shape index (κ3) is 5.20. The molecule has 2 heterocycles. The van der Waals surface area contributed by atoms with Gasteiger partial charge >= 0.3 is 0 Å². The van der Waals surface area contributed by atoms with Crippen molar-refractivity contribution in [2.75, 3.05) is 13.1 Å². The van der Waals surface area contributed by atoms with Crippen LogP contribution in [-0.2, 0) is 17.9 Å².